The summed E-state index contributed by atoms with van der Waals surface area (Å²) in [6, 6.07) is 0. The summed E-state index contributed by atoms with van der Waals surface area (Å²) in [5.41, 5.74) is 0. The lowest BCUT2D eigenvalue weighted by molar-refractivity contribution is -0.121. The van der Waals surface area contributed by atoms with Gasteiger partial charge in [0.1, 0.15) is 0 Å². The van der Waals surface area contributed by atoms with Crippen molar-refractivity contribution in [3.05, 3.63) is 0 Å². The summed E-state index contributed by atoms with van der Waals surface area (Å²) in [5.74, 6) is 0.385. The van der Waals surface area contributed by atoms with Gasteiger partial charge in [-0.3, -0.25) is 9.69 Å². The van der Waals surface area contributed by atoms with Crippen LogP contribution in [0.5, 0.6) is 0 Å². The summed E-state index contributed by atoms with van der Waals surface area (Å²) in [6.45, 7) is 4.03. The van der Waals surface area contributed by atoms with Crippen LogP contribution >= 0.6 is 0 Å². The van der Waals surface area contributed by atoms with E-state index in [1.165, 1.54) is 0 Å². The molecular weight excluding hydrogens is 168 g/mol. The van der Waals surface area contributed by atoms with E-state index >= 15 is 0 Å². The molecule has 0 saturated carbocycles. The molecule has 13 heavy (non-hydrogen) atoms. The van der Waals surface area contributed by atoms with Gasteiger partial charge in [0.2, 0.25) is 5.91 Å². The summed E-state index contributed by atoms with van der Waals surface area (Å²) >= 11 is 0. The molecule has 1 saturated heterocycles. The highest BCUT2D eigenvalue weighted by molar-refractivity contribution is 5.77. The smallest absolute Gasteiger partial charge is 0.233 e. The van der Waals surface area contributed by atoms with Crippen LogP contribution in [0.15, 0.2) is 0 Å². The highest BCUT2D eigenvalue weighted by Crippen LogP contribution is 2.18. The number of amides is 1. The zero-order chi connectivity index (χ0) is 9.84. The lowest BCUT2D eigenvalue weighted by Gasteiger charge is -2.16. The fraction of sp³-hybridized carbons (Fsp3) is 0.889. The molecule has 2 atom stereocenters. The zero-order valence-corrected chi connectivity index (χ0v) is 8.29. The van der Waals surface area contributed by atoms with Crippen molar-refractivity contribution in [1.82, 2.24) is 10.2 Å². The van der Waals surface area contributed by atoms with Gasteiger partial charge in [0.15, 0.2) is 0 Å². The molecule has 4 heteroatoms. The van der Waals surface area contributed by atoms with Crippen molar-refractivity contribution in [2.45, 2.75) is 19.4 Å². The lowest BCUT2D eigenvalue weighted by Crippen LogP contribution is -2.34. The molecule has 0 aromatic rings. The molecule has 76 valence electrons. The summed E-state index contributed by atoms with van der Waals surface area (Å²) in [6.07, 6.45) is 0.740. The second kappa shape index (κ2) is 4.58. The van der Waals surface area contributed by atoms with Crippen LogP contribution < -0.4 is 5.32 Å². The summed E-state index contributed by atoms with van der Waals surface area (Å²) < 4.78 is 0. The van der Waals surface area contributed by atoms with Crippen LogP contribution in [-0.4, -0.2) is 48.7 Å². The number of hydrogen-bond donors (Lipinski definition) is 2. The molecular formula is C9H18N2O2. The molecule has 0 aromatic carbocycles. The van der Waals surface area contributed by atoms with E-state index in [9.17, 15) is 9.90 Å². The van der Waals surface area contributed by atoms with Crippen LogP contribution in [-0.2, 0) is 4.79 Å². The van der Waals surface area contributed by atoms with Gasteiger partial charge in [0.05, 0.1) is 12.6 Å². The van der Waals surface area contributed by atoms with Gasteiger partial charge < -0.3 is 10.4 Å². The Kier molecular flexibility index (Phi) is 3.69. The second-order valence-electron chi connectivity index (χ2n) is 3.70. The molecule has 0 spiro atoms. The molecule has 1 amide bonds. The van der Waals surface area contributed by atoms with E-state index in [2.05, 4.69) is 10.2 Å². The van der Waals surface area contributed by atoms with E-state index in [-0.39, 0.29) is 12.0 Å². The third-order valence-corrected chi connectivity index (χ3v) is 2.64. The van der Waals surface area contributed by atoms with Gasteiger partial charge in [-0.2, -0.15) is 0 Å². The fourth-order valence-electron chi connectivity index (χ4n) is 1.68. The number of aliphatic hydroxyl groups excluding tert-OH is 1. The van der Waals surface area contributed by atoms with Crippen LogP contribution in [0.4, 0.5) is 0 Å². The number of nitrogens with zero attached hydrogens (tertiary/aromatic N) is 1. The number of aliphatic hydroxyl groups is 1. The Balaban J connectivity index is 2.29. The average molecular weight is 186 g/mol. The Hall–Kier alpha value is -0.610. The maximum atomic E-state index is 11.0. The van der Waals surface area contributed by atoms with Crippen LogP contribution in [0.25, 0.3) is 0 Å². The van der Waals surface area contributed by atoms with Crippen molar-refractivity contribution >= 4 is 5.91 Å². The van der Waals surface area contributed by atoms with Crippen LogP contribution in [0.3, 0.4) is 0 Å². The minimum absolute atomic E-state index is 0.0474. The zero-order valence-electron chi connectivity index (χ0n) is 8.29. The Morgan fingerprint density at radius 3 is 2.92 bits per heavy atom. The molecule has 2 unspecified atom stereocenters. The molecule has 1 rings (SSSR count). The van der Waals surface area contributed by atoms with Crippen LogP contribution in [0.2, 0.25) is 0 Å². The van der Waals surface area contributed by atoms with Crippen LogP contribution in [0.1, 0.15) is 13.3 Å². The quantitative estimate of drug-likeness (QED) is 0.621. The Morgan fingerprint density at radius 2 is 2.46 bits per heavy atom. The average Bonchev–Trinajstić information content (AvgIpc) is 2.52. The molecule has 0 aliphatic carbocycles. The maximum Gasteiger partial charge on any atom is 0.233 e. The summed E-state index contributed by atoms with van der Waals surface area (Å²) in [7, 11) is 1.64. The minimum atomic E-state index is -0.255. The topological polar surface area (TPSA) is 52.6 Å². The van der Waals surface area contributed by atoms with E-state index in [0.717, 1.165) is 19.5 Å². The first-order valence-electron chi connectivity index (χ1n) is 4.74. The van der Waals surface area contributed by atoms with Gasteiger partial charge in [-0.1, -0.05) is 0 Å². The predicted molar refractivity (Wildman–Crippen MR) is 50.3 cm³/mol. The van der Waals surface area contributed by atoms with Gasteiger partial charge in [0.25, 0.3) is 0 Å². The molecule has 0 aromatic heterocycles. The number of nitrogens with one attached hydrogen (secondary N) is 1. The first kappa shape index (κ1) is 10.5. The number of likely N-dealkylation sites (tertiary alicyclic amines) is 1. The number of hydrogen-bond acceptors (Lipinski definition) is 3. The fourth-order valence-corrected chi connectivity index (χ4v) is 1.68. The van der Waals surface area contributed by atoms with Crippen molar-refractivity contribution in [3.8, 4) is 0 Å². The molecule has 1 aliphatic heterocycles. The molecule has 1 fully saturated rings. The van der Waals surface area contributed by atoms with Crippen molar-refractivity contribution in [3.63, 3.8) is 0 Å². The molecule has 0 radical (unpaired) electrons. The number of rotatable bonds is 3. The molecule has 1 aliphatic rings. The first-order valence-corrected chi connectivity index (χ1v) is 4.74. The summed E-state index contributed by atoms with van der Waals surface area (Å²) in [5, 5.41) is 11.9. The van der Waals surface area contributed by atoms with Crippen molar-refractivity contribution in [1.29, 1.82) is 0 Å². The molecule has 1 heterocycles. The van der Waals surface area contributed by atoms with E-state index in [0.29, 0.717) is 12.5 Å². The van der Waals surface area contributed by atoms with Crippen LogP contribution in [0, 0.1) is 5.92 Å². The third kappa shape index (κ3) is 2.97. The summed E-state index contributed by atoms with van der Waals surface area (Å²) in [4.78, 5) is 13.1. The minimum Gasteiger partial charge on any atom is -0.393 e. The SMILES string of the molecule is CNC(=O)CN1CCC(C(C)O)C1. The van der Waals surface area contributed by atoms with Crippen molar-refractivity contribution in [2.75, 3.05) is 26.7 Å². The van der Waals surface area contributed by atoms with Gasteiger partial charge >= 0.3 is 0 Å². The van der Waals surface area contributed by atoms with Gasteiger partial charge in [-0.05, 0) is 25.8 Å². The Labute approximate surface area is 78.9 Å². The second-order valence-corrected chi connectivity index (χ2v) is 3.70. The predicted octanol–water partition coefficient (Wildman–Crippen LogP) is -0.565. The van der Waals surface area contributed by atoms with E-state index in [1.54, 1.807) is 7.05 Å². The van der Waals surface area contributed by atoms with E-state index in [4.69, 9.17) is 0 Å². The highest BCUT2D eigenvalue weighted by atomic mass is 16.3. The monoisotopic (exact) mass is 186 g/mol. The largest absolute Gasteiger partial charge is 0.393 e. The lowest BCUT2D eigenvalue weighted by atomic mass is 10.0. The third-order valence-electron chi connectivity index (χ3n) is 2.64. The number of carbonyl (C=O) groups is 1. The number of likely N-dealkylation sites (N-methyl/N-ethyl adjacent to an activating group) is 1. The van der Waals surface area contributed by atoms with Gasteiger partial charge in [0, 0.05) is 13.6 Å². The molecule has 4 nitrogen and oxygen atoms in total. The Morgan fingerprint density at radius 1 is 1.77 bits per heavy atom. The Bertz CT molecular complexity index is 182. The van der Waals surface area contributed by atoms with Gasteiger partial charge in [-0.25, -0.2) is 0 Å². The normalized spacial score (nSPS) is 25.9. The molecule has 2 N–H and O–H groups in total. The maximum absolute atomic E-state index is 11.0. The number of carbonyl (C=O) groups excluding carboxylic acids is 1. The van der Waals surface area contributed by atoms with Crippen molar-refractivity contribution in [2.24, 2.45) is 5.92 Å². The molecule has 0 bridgehead atoms. The van der Waals surface area contributed by atoms with Gasteiger partial charge in [-0.15, -0.1) is 0 Å². The van der Waals surface area contributed by atoms with Crippen molar-refractivity contribution < 1.29 is 9.90 Å². The standard InChI is InChI=1S/C9H18N2O2/c1-7(12)8-3-4-11(5-8)6-9(13)10-2/h7-8,12H,3-6H2,1-2H3,(H,10,13). The highest BCUT2D eigenvalue weighted by Gasteiger charge is 2.26. The van der Waals surface area contributed by atoms with E-state index < -0.39 is 0 Å². The first-order chi connectivity index (χ1) is 6.13. The van der Waals surface area contributed by atoms with E-state index in [1.807, 2.05) is 6.92 Å².